The molecule has 0 aliphatic carbocycles. The van der Waals surface area contributed by atoms with Crippen molar-refractivity contribution in [3.8, 4) is 0 Å². The Morgan fingerprint density at radius 2 is 1.88 bits per heavy atom. The summed E-state index contributed by atoms with van der Waals surface area (Å²) in [5.74, 6) is 0. The second kappa shape index (κ2) is 4.83. The number of nitrogens with zero attached hydrogens (tertiary/aromatic N) is 1. The Morgan fingerprint density at radius 3 is 2.56 bits per heavy atom. The lowest BCUT2D eigenvalue weighted by atomic mass is 10.1. The van der Waals surface area contributed by atoms with E-state index in [0.29, 0.717) is 6.04 Å². The molecule has 16 heavy (non-hydrogen) atoms. The summed E-state index contributed by atoms with van der Waals surface area (Å²) in [5.41, 5.74) is 2.31. The molecule has 1 unspecified atom stereocenters. The maximum atomic E-state index is 11.4. The van der Waals surface area contributed by atoms with Crippen LogP contribution in [0.3, 0.4) is 0 Å². The molecule has 1 aromatic rings. The van der Waals surface area contributed by atoms with Gasteiger partial charge in [0.15, 0.2) is 5.43 Å². The van der Waals surface area contributed by atoms with E-state index in [1.165, 1.54) is 12.8 Å². The zero-order chi connectivity index (χ0) is 11.5. The van der Waals surface area contributed by atoms with E-state index in [9.17, 15) is 4.79 Å². The zero-order valence-corrected chi connectivity index (χ0v) is 10.1. The standard InChI is InChI=1S/C13H20N2O/c1-10-8-13(16)9-11(2)15(10)12-4-3-6-14-7-5-12/h8-9,12,14H,3-7H2,1-2H3. The Balaban J connectivity index is 2.34. The molecule has 0 aromatic carbocycles. The van der Waals surface area contributed by atoms with Crippen molar-refractivity contribution >= 4 is 0 Å². The van der Waals surface area contributed by atoms with Gasteiger partial charge in [0, 0.05) is 29.6 Å². The molecule has 0 amide bonds. The number of aryl methyl sites for hydroxylation is 2. The monoisotopic (exact) mass is 220 g/mol. The molecule has 1 N–H and O–H groups in total. The van der Waals surface area contributed by atoms with Crippen LogP contribution in [0.2, 0.25) is 0 Å². The maximum absolute atomic E-state index is 11.4. The second-order valence-corrected chi connectivity index (χ2v) is 4.68. The van der Waals surface area contributed by atoms with Crippen LogP contribution in [0.1, 0.15) is 36.7 Å². The van der Waals surface area contributed by atoms with Crippen LogP contribution in [-0.4, -0.2) is 17.7 Å². The van der Waals surface area contributed by atoms with Crippen molar-refractivity contribution in [1.82, 2.24) is 9.88 Å². The fourth-order valence-corrected chi connectivity index (χ4v) is 2.71. The molecule has 1 aromatic heterocycles. The normalized spacial score (nSPS) is 21.8. The minimum absolute atomic E-state index is 0.123. The van der Waals surface area contributed by atoms with Gasteiger partial charge in [-0.3, -0.25) is 4.79 Å². The highest BCUT2D eigenvalue weighted by atomic mass is 16.1. The van der Waals surface area contributed by atoms with E-state index in [1.807, 2.05) is 13.8 Å². The first kappa shape index (κ1) is 11.4. The number of aromatic nitrogens is 1. The third kappa shape index (κ3) is 2.35. The summed E-state index contributed by atoms with van der Waals surface area (Å²) in [5, 5.41) is 3.42. The van der Waals surface area contributed by atoms with Crippen LogP contribution >= 0.6 is 0 Å². The van der Waals surface area contributed by atoms with Gasteiger partial charge in [-0.2, -0.15) is 0 Å². The molecule has 0 radical (unpaired) electrons. The Hall–Kier alpha value is -1.09. The summed E-state index contributed by atoms with van der Waals surface area (Å²) < 4.78 is 2.33. The number of hydrogen-bond donors (Lipinski definition) is 1. The van der Waals surface area contributed by atoms with Crippen molar-refractivity contribution in [3.63, 3.8) is 0 Å². The molecule has 0 saturated carbocycles. The first-order chi connectivity index (χ1) is 7.68. The van der Waals surface area contributed by atoms with Gasteiger partial charge in [0.05, 0.1) is 0 Å². The molecule has 2 heterocycles. The molecule has 1 aliphatic heterocycles. The van der Waals surface area contributed by atoms with E-state index in [0.717, 1.165) is 30.9 Å². The summed E-state index contributed by atoms with van der Waals surface area (Å²) in [7, 11) is 0. The van der Waals surface area contributed by atoms with E-state index in [1.54, 1.807) is 12.1 Å². The lowest BCUT2D eigenvalue weighted by molar-refractivity contribution is 0.435. The van der Waals surface area contributed by atoms with Crippen molar-refractivity contribution in [2.24, 2.45) is 0 Å². The van der Waals surface area contributed by atoms with Crippen molar-refractivity contribution in [3.05, 3.63) is 33.7 Å². The average molecular weight is 220 g/mol. The van der Waals surface area contributed by atoms with Gasteiger partial charge in [-0.1, -0.05) is 0 Å². The quantitative estimate of drug-likeness (QED) is 0.782. The van der Waals surface area contributed by atoms with Gasteiger partial charge in [0.2, 0.25) is 0 Å². The number of hydrogen-bond acceptors (Lipinski definition) is 2. The highest BCUT2D eigenvalue weighted by Gasteiger charge is 2.15. The first-order valence-corrected chi connectivity index (χ1v) is 6.09. The van der Waals surface area contributed by atoms with Crippen LogP contribution in [0.5, 0.6) is 0 Å². The van der Waals surface area contributed by atoms with Crippen molar-refractivity contribution in [2.75, 3.05) is 13.1 Å². The molecule has 3 nitrogen and oxygen atoms in total. The number of pyridine rings is 1. The zero-order valence-electron chi connectivity index (χ0n) is 10.1. The van der Waals surface area contributed by atoms with E-state index in [4.69, 9.17) is 0 Å². The summed E-state index contributed by atoms with van der Waals surface area (Å²) in [6.07, 6.45) is 3.58. The summed E-state index contributed by atoms with van der Waals surface area (Å²) in [6, 6.07) is 4.03. The highest BCUT2D eigenvalue weighted by Crippen LogP contribution is 2.22. The fraction of sp³-hybridized carbons (Fsp3) is 0.615. The van der Waals surface area contributed by atoms with E-state index in [-0.39, 0.29) is 5.43 Å². The van der Waals surface area contributed by atoms with Crippen LogP contribution in [0.25, 0.3) is 0 Å². The highest BCUT2D eigenvalue weighted by molar-refractivity contribution is 5.13. The number of rotatable bonds is 1. The second-order valence-electron chi connectivity index (χ2n) is 4.68. The predicted molar refractivity (Wildman–Crippen MR) is 65.9 cm³/mol. The Kier molecular flexibility index (Phi) is 3.44. The van der Waals surface area contributed by atoms with Crippen molar-refractivity contribution in [2.45, 2.75) is 39.2 Å². The van der Waals surface area contributed by atoms with E-state index >= 15 is 0 Å². The van der Waals surface area contributed by atoms with Gasteiger partial charge >= 0.3 is 0 Å². The molecular weight excluding hydrogens is 200 g/mol. The van der Waals surface area contributed by atoms with E-state index < -0.39 is 0 Å². The summed E-state index contributed by atoms with van der Waals surface area (Å²) in [6.45, 7) is 6.27. The van der Waals surface area contributed by atoms with Crippen LogP contribution in [-0.2, 0) is 0 Å². The van der Waals surface area contributed by atoms with Gasteiger partial charge in [-0.15, -0.1) is 0 Å². The molecule has 0 spiro atoms. The predicted octanol–water partition coefficient (Wildman–Crippen LogP) is 1.78. The molecule has 1 atom stereocenters. The van der Waals surface area contributed by atoms with Crippen molar-refractivity contribution < 1.29 is 0 Å². The third-order valence-electron chi connectivity index (χ3n) is 3.37. The minimum Gasteiger partial charge on any atom is -0.346 e. The van der Waals surface area contributed by atoms with Gasteiger partial charge in [-0.05, 0) is 46.2 Å². The third-order valence-corrected chi connectivity index (χ3v) is 3.37. The molecule has 88 valence electrons. The van der Waals surface area contributed by atoms with Gasteiger partial charge in [0.1, 0.15) is 0 Å². The molecule has 0 bridgehead atoms. The fourth-order valence-electron chi connectivity index (χ4n) is 2.71. The van der Waals surface area contributed by atoms with Crippen molar-refractivity contribution in [1.29, 1.82) is 0 Å². The SMILES string of the molecule is Cc1cc(=O)cc(C)n1C1CCCNCC1. The molecule has 3 heteroatoms. The van der Waals surface area contributed by atoms with Gasteiger partial charge in [0.25, 0.3) is 0 Å². The molecule has 2 rings (SSSR count). The lowest BCUT2D eigenvalue weighted by Gasteiger charge is -2.23. The maximum Gasteiger partial charge on any atom is 0.182 e. The summed E-state index contributed by atoms with van der Waals surface area (Å²) in [4.78, 5) is 11.4. The van der Waals surface area contributed by atoms with Crippen LogP contribution < -0.4 is 10.7 Å². The Bertz CT molecular complexity index is 388. The topological polar surface area (TPSA) is 34.0 Å². The smallest absolute Gasteiger partial charge is 0.182 e. The lowest BCUT2D eigenvalue weighted by Crippen LogP contribution is -2.20. The van der Waals surface area contributed by atoms with Gasteiger partial charge in [-0.25, -0.2) is 0 Å². The summed E-state index contributed by atoms with van der Waals surface area (Å²) >= 11 is 0. The Morgan fingerprint density at radius 1 is 1.19 bits per heavy atom. The number of nitrogens with one attached hydrogen (secondary N) is 1. The first-order valence-electron chi connectivity index (χ1n) is 6.09. The minimum atomic E-state index is 0.123. The van der Waals surface area contributed by atoms with Crippen LogP contribution in [0.15, 0.2) is 16.9 Å². The molecule has 1 aliphatic rings. The Labute approximate surface area is 96.5 Å². The molecular formula is C13H20N2O. The average Bonchev–Trinajstić information content (AvgIpc) is 2.44. The van der Waals surface area contributed by atoms with Crippen LogP contribution in [0.4, 0.5) is 0 Å². The van der Waals surface area contributed by atoms with E-state index in [2.05, 4.69) is 9.88 Å². The largest absolute Gasteiger partial charge is 0.346 e. The molecule has 1 fully saturated rings. The molecule has 1 saturated heterocycles. The van der Waals surface area contributed by atoms with Gasteiger partial charge < -0.3 is 9.88 Å². The van der Waals surface area contributed by atoms with Crippen LogP contribution in [0, 0.1) is 13.8 Å².